The fraction of sp³-hybridized carbons (Fsp3) is 0.333. The number of rotatable bonds is 5. The number of methoxy groups -OCH3 is 1. The Kier molecular flexibility index (Phi) is 5.16. The molecule has 2 N–H and O–H groups in total. The molecule has 0 aliphatic carbocycles. The fourth-order valence-corrected chi connectivity index (χ4v) is 1.29. The lowest BCUT2D eigenvalue weighted by atomic mass is 10.2. The predicted octanol–water partition coefficient (Wildman–Crippen LogP) is 0.411. The zero-order chi connectivity index (χ0) is 12.7. The zero-order valence-electron chi connectivity index (χ0n) is 9.90. The molecule has 1 aromatic rings. The van der Waals surface area contributed by atoms with Gasteiger partial charge < -0.3 is 15.4 Å². The van der Waals surface area contributed by atoms with Crippen LogP contribution in [-0.2, 0) is 20.9 Å². The number of hydrogen-bond donors (Lipinski definition) is 2. The second-order valence-electron chi connectivity index (χ2n) is 3.52. The summed E-state index contributed by atoms with van der Waals surface area (Å²) >= 11 is 0. The van der Waals surface area contributed by atoms with Crippen LogP contribution in [-0.4, -0.2) is 25.2 Å². The van der Waals surface area contributed by atoms with Crippen molar-refractivity contribution in [3.63, 3.8) is 0 Å². The Morgan fingerprint density at radius 1 is 1.29 bits per heavy atom. The topological polar surface area (TPSA) is 67.4 Å². The number of nitrogens with one attached hydrogen (secondary N) is 2. The minimum absolute atomic E-state index is 0.313. The van der Waals surface area contributed by atoms with Crippen molar-refractivity contribution in [3.8, 4) is 0 Å². The van der Waals surface area contributed by atoms with E-state index in [1.54, 1.807) is 0 Å². The molecule has 0 radical (unpaired) electrons. The second kappa shape index (κ2) is 6.65. The molecule has 1 atom stereocenters. The lowest BCUT2D eigenvalue weighted by Crippen LogP contribution is -2.46. The largest absolute Gasteiger partial charge is 0.353 e. The van der Waals surface area contributed by atoms with E-state index >= 15 is 0 Å². The standard InChI is InChI=1S/C12H16N2O3/c1-9(15)14-12(17-2)11(16)13-8-10-6-4-3-5-7-10/h3-7,12H,8H2,1-2H3,(H,13,16)(H,14,15)/t12-/m1/s1. The maximum Gasteiger partial charge on any atom is 0.270 e. The number of amides is 2. The summed E-state index contributed by atoms with van der Waals surface area (Å²) in [7, 11) is 1.36. The Balaban J connectivity index is 2.45. The van der Waals surface area contributed by atoms with Gasteiger partial charge in [0.2, 0.25) is 12.1 Å². The highest BCUT2D eigenvalue weighted by Crippen LogP contribution is 1.97. The summed E-state index contributed by atoms with van der Waals surface area (Å²) in [4.78, 5) is 22.5. The normalized spacial score (nSPS) is 11.6. The SMILES string of the molecule is CO[C@@H](NC(C)=O)C(=O)NCc1ccccc1. The molecular weight excluding hydrogens is 220 g/mol. The van der Waals surface area contributed by atoms with E-state index in [2.05, 4.69) is 10.6 Å². The summed E-state index contributed by atoms with van der Waals surface area (Å²) in [5, 5.41) is 5.07. The molecule has 1 rings (SSSR count). The van der Waals surface area contributed by atoms with Crippen molar-refractivity contribution in [1.29, 1.82) is 0 Å². The molecule has 0 fully saturated rings. The summed E-state index contributed by atoms with van der Waals surface area (Å²) in [6, 6.07) is 9.49. The minimum atomic E-state index is -0.948. The van der Waals surface area contributed by atoms with Crippen molar-refractivity contribution in [2.75, 3.05) is 7.11 Å². The number of benzene rings is 1. The van der Waals surface area contributed by atoms with Gasteiger partial charge in [0.05, 0.1) is 0 Å². The number of hydrogen-bond acceptors (Lipinski definition) is 3. The van der Waals surface area contributed by atoms with Gasteiger partial charge in [0.25, 0.3) is 5.91 Å². The highest BCUT2D eigenvalue weighted by Gasteiger charge is 2.17. The van der Waals surface area contributed by atoms with Crippen molar-refractivity contribution < 1.29 is 14.3 Å². The lowest BCUT2D eigenvalue weighted by Gasteiger charge is -2.15. The van der Waals surface area contributed by atoms with Gasteiger partial charge in [-0.15, -0.1) is 0 Å². The minimum Gasteiger partial charge on any atom is -0.353 e. The zero-order valence-corrected chi connectivity index (χ0v) is 9.90. The van der Waals surface area contributed by atoms with Gasteiger partial charge >= 0.3 is 0 Å². The third-order valence-electron chi connectivity index (χ3n) is 2.12. The van der Waals surface area contributed by atoms with Crippen molar-refractivity contribution >= 4 is 11.8 Å². The van der Waals surface area contributed by atoms with E-state index in [4.69, 9.17) is 4.74 Å². The quantitative estimate of drug-likeness (QED) is 0.728. The van der Waals surface area contributed by atoms with Gasteiger partial charge in [-0.2, -0.15) is 0 Å². The summed E-state index contributed by atoms with van der Waals surface area (Å²) in [5.74, 6) is -0.682. The Labute approximate surface area is 100 Å². The molecule has 5 heteroatoms. The number of carbonyl (C=O) groups excluding carboxylic acids is 2. The van der Waals surface area contributed by atoms with Crippen LogP contribution in [0.5, 0.6) is 0 Å². The summed E-state index contributed by atoms with van der Waals surface area (Å²) < 4.78 is 4.87. The third-order valence-corrected chi connectivity index (χ3v) is 2.12. The van der Waals surface area contributed by atoms with E-state index in [-0.39, 0.29) is 11.8 Å². The van der Waals surface area contributed by atoms with E-state index in [1.165, 1.54) is 14.0 Å². The van der Waals surface area contributed by atoms with E-state index in [9.17, 15) is 9.59 Å². The number of ether oxygens (including phenoxy) is 1. The van der Waals surface area contributed by atoms with Crippen LogP contribution < -0.4 is 10.6 Å². The molecule has 5 nitrogen and oxygen atoms in total. The molecular formula is C12H16N2O3. The van der Waals surface area contributed by atoms with Gasteiger partial charge in [-0.05, 0) is 5.56 Å². The molecule has 1 aromatic carbocycles. The molecule has 17 heavy (non-hydrogen) atoms. The molecule has 0 heterocycles. The molecule has 0 aliphatic rings. The van der Waals surface area contributed by atoms with Gasteiger partial charge in [0.15, 0.2) is 0 Å². The first-order valence-corrected chi connectivity index (χ1v) is 5.25. The molecule has 0 saturated heterocycles. The van der Waals surface area contributed by atoms with Crippen LogP contribution in [0.2, 0.25) is 0 Å². The first-order valence-electron chi connectivity index (χ1n) is 5.25. The van der Waals surface area contributed by atoms with Gasteiger partial charge in [0, 0.05) is 20.6 Å². The predicted molar refractivity (Wildman–Crippen MR) is 62.9 cm³/mol. The lowest BCUT2D eigenvalue weighted by molar-refractivity contribution is -0.138. The van der Waals surface area contributed by atoms with Crippen LogP contribution >= 0.6 is 0 Å². The van der Waals surface area contributed by atoms with Crippen molar-refractivity contribution in [2.45, 2.75) is 19.7 Å². The van der Waals surface area contributed by atoms with Gasteiger partial charge in [-0.25, -0.2) is 0 Å². The van der Waals surface area contributed by atoms with Crippen LogP contribution in [0.25, 0.3) is 0 Å². The van der Waals surface area contributed by atoms with Crippen LogP contribution in [0.4, 0.5) is 0 Å². The molecule has 2 amide bonds. The molecule has 0 saturated carbocycles. The van der Waals surface area contributed by atoms with Crippen molar-refractivity contribution in [3.05, 3.63) is 35.9 Å². The number of carbonyl (C=O) groups is 2. The van der Waals surface area contributed by atoms with Gasteiger partial charge in [0.1, 0.15) is 0 Å². The molecule has 0 spiro atoms. The van der Waals surface area contributed by atoms with E-state index in [0.29, 0.717) is 6.54 Å². The van der Waals surface area contributed by atoms with Gasteiger partial charge in [-0.3, -0.25) is 9.59 Å². The molecule has 0 unspecified atom stereocenters. The van der Waals surface area contributed by atoms with E-state index < -0.39 is 6.23 Å². The summed E-state index contributed by atoms with van der Waals surface area (Å²) in [6.45, 7) is 1.73. The highest BCUT2D eigenvalue weighted by atomic mass is 16.5. The first-order chi connectivity index (χ1) is 8.13. The molecule has 92 valence electrons. The van der Waals surface area contributed by atoms with Crippen LogP contribution in [0, 0.1) is 0 Å². The third kappa shape index (κ3) is 4.65. The Hall–Kier alpha value is -1.88. The molecule has 0 aliphatic heterocycles. The van der Waals surface area contributed by atoms with E-state index in [0.717, 1.165) is 5.56 Å². The van der Waals surface area contributed by atoms with Crippen LogP contribution in [0.1, 0.15) is 12.5 Å². The average Bonchev–Trinajstić information content (AvgIpc) is 2.34. The molecule has 0 bridgehead atoms. The summed E-state index contributed by atoms with van der Waals surface area (Å²) in [6.07, 6.45) is -0.948. The average molecular weight is 236 g/mol. The molecule has 0 aromatic heterocycles. The van der Waals surface area contributed by atoms with Crippen molar-refractivity contribution in [1.82, 2.24) is 10.6 Å². The maximum atomic E-state index is 11.6. The van der Waals surface area contributed by atoms with Crippen LogP contribution in [0.15, 0.2) is 30.3 Å². The first kappa shape index (κ1) is 13.2. The Bertz CT molecular complexity index is 379. The Morgan fingerprint density at radius 2 is 1.94 bits per heavy atom. The summed E-state index contributed by atoms with van der Waals surface area (Å²) in [5.41, 5.74) is 0.985. The Morgan fingerprint density at radius 3 is 2.47 bits per heavy atom. The maximum absolute atomic E-state index is 11.6. The fourth-order valence-electron chi connectivity index (χ4n) is 1.29. The van der Waals surface area contributed by atoms with Crippen molar-refractivity contribution in [2.24, 2.45) is 0 Å². The smallest absolute Gasteiger partial charge is 0.270 e. The second-order valence-corrected chi connectivity index (χ2v) is 3.52. The van der Waals surface area contributed by atoms with E-state index in [1.807, 2.05) is 30.3 Å². The van der Waals surface area contributed by atoms with Gasteiger partial charge in [-0.1, -0.05) is 30.3 Å². The van der Waals surface area contributed by atoms with Crippen LogP contribution in [0.3, 0.4) is 0 Å². The monoisotopic (exact) mass is 236 g/mol. The highest BCUT2D eigenvalue weighted by molar-refractivity contribution is 5.85.